The second-order valence-corrected chi connectivity index (χ2v) is 4.39. The summed E-state index contributed by atoms with van der Waals surface area (Å²) in [6.45, 7) is 3.89. The monoisotopic (exact) mass is 214 g/mol. The van der Waals surface area contributed by atoms with Gasteiger partial charge in [-0.15, -0.1) is 0 Å². The Hall–Kier alpha value is 0.492. The molecule has 0 fully saturated rings. The predicted molar refractivity (Wildman–Crippen MR) is 66.2 cm³/mol. The third kappa shape index (κ3) is 12.5. The standard InChI is InChI=1S/C12H25O.Al.2H/c1-3-5-6-7-8-9-10-11-12-13-4-2;;;/h1,3-12H2,2H3;;;/q;+2;2*-1. The Bertz CT molecular complexity index is 93.0. The van der Waals surface area contributed by atoms with Crippen LogP contribution in [0, 0.1) is 0 Å². The van der Waals surface area contributed by atoms with Gasteiger partial charge in [0.25, 0.3) is 0 Å². The molecule has 1 nitrogen and oxygen atoms in total. The fourth-order valence-corrected chi connectivity index (χ4v) is 1.84. The van der Waals surface area contributed by atoms with Crippen LogP contribution in [0.5, 0.6) is 0 Å². The molecule has 14 heavy (non-hydrogen) atoms. The van der Waals surface area contributed by atoms with Gasteiger partial charge in [0.15, 0.2) is 0 Å². The second kappa shape index (κ2) is 13.5. The van der Waals surface area contributed by atoms with Gasteiger partial charge in [-0.05, 0) is 6.92 Å². The van der Waals surface area contributed by atoms with E-state index in [1.807, 2.05) is 0 Å². The Kier molecular flexibility index (Phi) is 14.0. The molecular formula is C12H27AlO. The van der Waals surface area contributed by atoms with Crippen LogP contribution >= 0.6 is 0 Å². The maximum Gasteiger partial charge on any atom is -1.00 e. The summed E-state index contributed by atoms with van der Waals surface area (Å²) < 4.78 is 5.29. The van der Waals surface area contributed by atoms with Gasteiger partial charge in [0.1, 0.15) is 0 Å². The van der Waals surface area contributed by atoms with Crippen LogP contribution < -0.4 is 0 Å². The summed E-state index contributed by atoms with van der Waals surface area (Å²) >= 11 is 2.80. The maximum atomic E-state index is 5.29. The van der Waals surface area contributed by atoms with E-state index in [2.05, 4.69) is 23.2 Å². The first-order valence-corrected chi connectivity index (χ1v) is 7.01. The van der Waals surface area contributed by atoms with Crippen molar-refractivity contribution < 1.29 is 7.59 Å². The van der Waals surface area contributed by atoms with Gasteiger partial charge in [0.05, 0.1) is 0 Å². The molecule has 0 aliphatic heterocycles. The van der Waals surface area contributed by atoms with E-state index in [1.54, 1.807) is 0 Å². The van der Waals surface area contributed by atoms with E-state index in [9.17, 15) is 0 Å². The van der Waals surface area contributed by atoms with Crippen LogP contribution in [0.15, 0.2) is 0 Å². The van der Waals surface area contributed by atoms with E-state index in [1.165, 1.54) is 56.6 Å². The first-order chi connectivity index (χ1) is 6.91. The summed E-state index contributed by atoms with van der Waals surface area (Å²) in [5.74, 6) is 0. The molecule has 0 amide bonds. The normalized spacial score (nSPS) is 10.8. The van der Waals surface area contributed by atoms with E-state index < -0.39 is 0 Å². The zero-order valence-corrected chi connectivity index (χ0v) is 10.9. The van der Waals surface area contributed by atoms with Crippen molar-refractivity contribution in [3.8, 4) is 0 Å². The van der Waals surface area contributed by atoms with Crippen molar-refractivity contribution >= 4 is 16.3 Å². The zero-order chi connectivity index (χ0) is 10.5. The van der Waals surface area contributed by atoms with Crippen LogP contribution in [-0.2, 0) is 4.74 Å². The first-order valence-electron chi connectivity index (χ1n) is 6.19. The van der Waals surface area contributed by atoms with E-state index in [4.69, 9.17) is 4.74 Å². The number of hydrogen-bond donors (Lipinski definition) is 0. The molecule has 0 aliphatic carbocycles. The molecule has 0 aliphatic rings. The number of hydrogen-bond acceptors (Lipinski definition) is 1. The Labute approximate surface area is 101 Å². The van der Waals surface area contributed by atoms with Crippen LogP contribution in [0.2, 0.25) is 5.28 Å². The van der Waals surface area contributed by atoms with Crippen molar-refractivity contribution in [2.45, 2.75) is 63.6 Å². The van der Waals surface area contributed by atoms with Gasteiger partial charge in [-0.3, -0.25) is 0 Å². The number of unbranched alkanes of at least 4 members (excludes halogenated alkanes) is 7. The van der Waals surface area contributed by atoms with Crippen molar-refractivity contribution in [2.24, 2.45) is 0 Å². The van der Waals surface area contributed by atoms with E-state index >= 15 is 0 Å². The Morgan fingerprint density at radius 3 is 1.86 bits per heavy atom. The minimum absolute atomic E-state index is 0. The van der Waals surface area contributed by atoms with Crippen LogP contribution in [0.25, 0.3) is 0 Å². The second-order valence-electron chi connectivity index (χ2n) is 3.81. The Morgan fingerprint density at radius 2 is 1.36 bits per heavy atom. The number of ether oxygens (including phenoxy) is 1. The van der Waals surface area contributed by atoms with Gasteiger partial charge in [0, 0.05) is 0 Å². The van der Waals surface area contributed by atoms with Gasteiger partial charge < -0.3 is 2.85 Å². The molecule has 2 heteroatoms. The topological polar surface area (TPSA) is 9.23 Å². The molecule has 0 saturated carbocycles. The molecule has 0 N–H and O–H groups in total. The largest absolute Gasteiger partial charge is 1.00 e. The van der Waals surface area contributed by atoms with Crippen LogP contribution in [0.4, 0.5) is 0 Å². The quantitative estimate of drug-likeness (QED) is 0.374. The van der Waals surface area contributed by atoms with Crippen molar-refractivity contribution in [3.63, 3.8) is 0 Å². The van der Waals surface area contributed by atoms with E-state index in [0.717, 1.165) is 13.2 Å². The molecule has 0 unspecified atom stereocenters. The molecule has 0 radical (unpaired) electrons. The number of rotatable bonds is 11. The molecule has 0 rings (SSSR count). The average molecular weight is 214 g/mol. The first kappa shape index (κ1) is 14.5. The van der Waals surface area contributed by atoms with Gasteiger partial charge in [-0.2, -0.15) is 0 Å². The zero-order valence-electron chi connectivity index (χ0n) is 11.8. The van der Waals surface area contributed by atoms with Crippen molar-refractivity contribution in [1.82, 2.24) is 0 Å². The van der Waals surface area contributed by atoms with Gasteiger partial charge in [-0.1, -0.05) is 0 Å². The summed E-state index contributed by atoms with van der Waals surface area (Å²) in [6.07, 6.45) is 11.1. The Morgan fingerprint density at radius 1 is 0.857 bits per heavy atom. The molecule has 0 bridgehead atoms. The molecule has 0 heterocycles. The summed E-state index contributed by atoms with van der Waals surface area (Å²) in [4.78, 5) is 0. The predicted octanol–water partition coefficient (Wildman–Crippen LogP) is 3.96. The molecule has 0 aromatic rings. The van der Waals surface area contributed by atoms with Crippen LogP contribution in [0.3, 0.4) is 0 Å². The maximum absolute atomic E-state index is 5.29. The smallest absolute Gasteiger partial charge is 1.00 e. The summed E-state index contributed by atoms with van der Waals surface area (Å²) in [7, 11) is 0. The van der Waals surface area contributed by atoms with Crippen molar-refractivity contribution in [3.05, 3.63) is 0 Å². The summed E-state index contributed by atoms with van der Waals surface area (Å²) in [5, 5.41) is 1.27. The molecule has 0 aromatic carbocycles. The average Bonchev–Trinajstić information content (AvgIpc) is 2.21. The summed E-state index contributed by atoms with van der Waals surface area (Å²) in [5.41, 5.74) is 0. The molecule has 84 valence electrons. The molecule has 0 saturated heterocycles. The van der Waals surface area contributed by atoms with E-state index in [-0.39, 0.29) is 2.85 Å². The van der Waals surface area contributed by atoms with Crippen molar-refractivity contribution in [2.75, 3.05) is 13.2 Å². The van der Waals surface area contributed by atoms with Gasteiger partial charge in [-0.25, -0.2) is 0 Å². The van der Waals surface area contributed by atoms with Crippen LogP contribution in [-0.4, -0.2) is 29.5 Å². The van der Waals surface area contributed by atoms with Gasteiger partial charge >= 0.3 is 90.9 Å². The summed E-state index contributed by atoms with van der Waals surface area (Å²) in [6, 6.07) is 0. The molecule has 0 spiro atoms. The fourth-order valence-electron chi connectivity index (χ4n) is 1.55. The minimum atomic E-state index is 0. The van der Waals surface area contributed by atoms with Gasteiger partial charge in [0.2, 0.25) is 0 Å². The fraction of sp³-hybridized carbons (Fsp3) is 1.00. The molecular weight excluding hydrogens is 187 g/mol. The Balaban J connectivity index is -0.000000845. The third-order valence-electron chi connectivity index (χ3n) is 2.45. The molecule has 0 atom stereocenters. The third-order valence-corrected chi connectivity index (χ3v) is 2.86. The minimum Gasteiger partial charge on any atom is -1.00 e. The van der Waals surface area contributed by atoms with Crippen molar-refractivity contribution in [1.29, 1.82) is 0 Å². The molecule has 0 aromatic heterocycles. The SMILES string of the molecule is CCOCCCCCCCCC[CH2][Al+2].[H-].[H-]. The van der Waals surface area contributed by atoms with E-state index in [0.29, 0.717) is 0 Å². The van der Waals surface area contributed by atoms with Crippen LogP contribution in [0.1, 0.15) is 61.1 Å².